The van der Waals surface area contributed by atoms with Gasteiger partial charge in [0.05, 0.1) is 23.1 Å². The summed E-state index contributed by atoms with van der Waals surface area (Å²) in [6.07, 6.45) is -4.90. The lowest BCUT2D eigenvalue weighted by Crippen LogP contribution is -2.21. The van der Waals surface area contributed by atoms with E-state index in [1.807, 2.05) is 0 Å². The summed E-state index contributed by atoms with van der Waals surface area (Å²) in [5.74, 6) is -3.61. The number of anilines is 1. The van der Waals surface area contributed by atoms with Gasteiger partial charge >= 0.3 is 6.18 Å². The van der Waals surface area contributed by atoms with Crippen molar-refractivity contribution in [2.45, 2.75) is 31.5 Å². The second kappa shape index (κ2) is 9.16. The molecule has 190 valence electrons. The monoisotopic (exact) mass is 533 g/mol. The molecule has 0 fully saturated rings. The second-order valence-corrected chi connectivity index (χ2v) is 9.38. The predicted molar refractivity (Wildman–Crippen MR) is 125 cm³/mol. The van der Waals surface area contributed by atoms with Crippen LogP contribution in [0.3, 0.4) is 0 Å². The number of nitrogens with one attached hydrogen (secondary N) is 2. The van der Waals surface area contributed by atoms with Gasteiger partial charge in [-0.1, -0.05) is 11.6 Å². The minimum absolute atomic E-state index is 0.0395. The van der Waals surface area contributed by atoms with Gasteiger partial charge in [-0.15, -0.1) is 0 Å². The highest BCUT2D eigenvalue weighted by molar-refractivity contribution is 6.31. The summed E-state index contributed by atoms with van der Waals surface area (Å²) in [6.45, 7) is 3.13. The average molecular weight is 534 g/mol. The van der Waals surface area contributed by atoms with Crippen molar-refractivity contribution in [1.29, 1.82) is 5.26 Å². The summed E-state index contributed by atoms with van der Waals surface area (Å²) < 4.78 is 67.5. The smallest absolute Gasteiger partial charge is 0.341 e. The molecule has 0 radical (unpaired) electrons. The van der Waals surface area contributed by atoms with Crippen molar-refractivity contribution in [1.82, 2.24) is 5.32 Å². The van der Waals surface area contributed by atoms with Crippen LogP contribution in [0.4, 0.5) is 27.6 Å². The lowest BCUT2D eigenvalue weighted by Gasteiger charge is -2.22. The van der Waals surface area contributed by atoms with Crippen molar-refractivity contribution < 1.29 is 31.5 Å². The number of fused-ring (bicyclic) bond motifs is 1. The zero-order valence-corrected chi connectivity index (χ0v) is 20.0. The molecule has 1 aliphatic heterocycles. The van der Waals surface area contributed by atoms with E-state index in [-0.39, 0.29) is 33.5 Å². The highest BCUT2D eigenvalue weighted by atomic mass is 35.5. The number of carbonyl (C=O) groups is 2. The number of benzene rings is 3. The van der Waals surface area contributed by atoms with Crippen LogP contribution in [0, 0.1) is 23.0 Å². The molecular weight excluding hydrogens is 517 g/mol. The predicted octanol–water partition coefficient (Wildman–Crippen LogP) is 6.52. The second-order valence-electron chi connectivity index (χ2n) is 8.97. The Hall–Kier alpha value is -3.97. The molecule has 0 saturated heterocycles. The van der Waals surface area contributed by atoms with Crippen molar-refractivity contribution in [2.75, 3.05) is 5.32 Å². The third-order valence-corrected chi connectivity index (χ3v) is 6.34. The summed E-state index contributed by atoms with van der Waals surface area (Å²) in [5.41, 5.74) is -2.45. The highest BCUT2D eigenvalue weighted by Gasteiger charge is 2.37. The first-order valence-corrected chi connectivity index (χ1v) is 11.1. The number of rotatable bonds is 4. The van der Waals surface area contributed by atoms with E-state index in [4.69, 9.17) is 11.6 Å². The molecule has 5 nitrogen and oxygen atoms in total. The van der Waals surface area contributed by atoms with Gasteiger partial charge in [0, 0.05) is 33.0 Å². The number of alkyl halides is 3. The van der Waals surface area contributed by atoms with Crippen LogP contribution in [0.5, 0.6) is 0 Å². The molecule has 1 heterocycles. The fourth-order valence-electron chi connectivity index (χ4n) is 4.01. The molecule has 2 N–H and O–H groups in total. The summed E-state index contributed by atoms with van der Waals surface area (Å²) in [5, 5.41) is 14.8. The minimum Gasteiger partial charge on any atom is -0.341 e. The van der Waals surface area contributed by atoms with Crippen molar-refractivity contribution in [2.24, 2.45) is 0 Å². The fourth-order valence-corrected chi connectivity index (χ4v) is 4.24. The maximum atomic E-state index is 14.0. The molecule has 0 aromatic heterocycles. The lowest BCUT2D eigenvalue weighted by molar-refractivity contribution is -0.137. The molecular formula is C26H17ClF5N3O2. The summed E-state index contributed by atoms with van der Waals surface area (Å²) >= 11 is 6.25. The normalized spacial score (nSPS) is 15.1. The Kier molecular flexibility index (Phi) is 6.46. The molecule has 11 heteroatoms. The van der Waals surface area contributed by atoms with Crippen molar-refractivity contribution in [3.05, 3.63) is 98.6 Å². The minimum atomic E-state index is -4.90. The molecule has 0 saturated carbocycles. The first kappa shape index (κ1) is 26.1. The van der Waals surface area contributed by atoms with Gasteiger partial charge in [-0.2, -0.15) is 18.4 Å². The van der Waals surface area contributed by atoms with Crippen LogP contribution in [-0.2, 0) is 11.6 Å². The van der Waals surface area contributed by atoms with Crippen LogP contribution in [0.25, 0.3) is 0 Å². The molecule has 1 aliphatic rings. The first-order chi connectivity index (χ1) is 17.2. The number of hydrogen-bond donors (Lipinski definition) is 2. The van der Waals surface area contributed by atoms with Gasteiger partial charge in [0.25, 0.3) is 11.8 Å². The summed E-state index contributed by atoms with van der Waals surface area (Å²) in [7, 11) is 0. The van der Waals surface area contributed by atoms with E-state index >= 15 is 0 Å². The largest absolute Gasteiger partial charge is 0.416 e. The third kappa shape index (κ3) is 5.00. The quantitative estimate of drug-likeness (QED) is 0.374. The standard InChI is InChI=1S/C26H17ClF5N3O2/c1-25(2,11-33)13-8-18-21(22(35-24(18)37)17-10-15(28)3-4-19(17)27)20(9-13)34-23(36)12-5-14(26(30,31)32)7-16(29)6-12/h3-10,22H,1-2H3,(H,34,36)(H,35,37). The number of nitrogens with zero attached hydrogens (tertiary/aromatic N) is 1. The van der Waals surface area contributed by atoms with Gasteiger partial charge in [-0.3, -0.25) is 9.59 Å². The van der Waals surface area contributed by atoms with E-state index in [2.05, 4.69) is 16.7 Å². The first-order valence-electron chi connectivity index (χ1n) is 10.8. The Morgan fingerprint density at radius 2 is 1.73 bits per heavy atom. The van der Waals surface area contributed by atoms with E-state index in [1.165, 1.54) is 18.2 Å². The van der Waals surface area contributed by atoms with Gasteiger partial charge in [-0.05, 0) is 67.9 Å². The van der Waals surface area contributed by atoms with Gasteiger partial charge in [0.1, 0.15) is 11.6 Å². The van der Waals surface area contributed by atoms with Gasteiger partial charge in [-0.25, -0.2) is 8.78 Å². The molecule has 0 aliphatic carbocycles. The van der Waals surface area contributed by atoms with Gasteiger partial charge in [0.2, 0.25) is 0 Å². The SMILES string of the molecule is CC(C)(C#N)c1cc(NC(=O)c2cc(F)cc(C(F)(F)F)c2)c2c(c1)C(=O)NC2c1cc(F)ccc1Cl. The molecule has 1 atom stereocenters. The molecule has 4 rings (SSSR count). The molecule has 2 amide bonds. The van der Waals surface area contributed by atoms with Crippen molar-refractivity contribution in [3.63, 3.8) is 0 Å². The highest BCUT2D eigenvalue weighted by Crippen LogP contribution is 2.42. The Bertz CT molecular complexity index is 1490. The van der Waals surface area contributed by atoms with E-state index in [9.17, 15) is 36.8 Å². The zero-order chi connectivity index (χ0) is 27.3. The van der Waals surface area contributed by atoms with E-state index in [0.29, 0.717) is 17.7 Å². The molecule has 37 heavy (non-hydrogen) atoms. The number of hydrogen-bond acceptors (Lipinski definition) is 3. The molecule has 3 aromatic rings. The van der Waals surface area contributed by atoms with Crippen molar-refractivity contribution >= 4 is 29.1 Å². The van der Waals surface area contributed by atoms with Crippen LogP contribution < -0.4 is 10.6 Å². The third-order valence-electron chi connectivity index (χ3n) is 5.99. The maximum absolute atomic E-state index is 14.0. The maximum Gasteiger partial charge on any atom is 0.416 e. The Morgan fingerprint density at radius 1 is 1.03 bits per heavy atom. The summed E-state index contributed by atoms with van der Waals surface area (Å²) in [6, 6.07) is 8.78. The van der Waals surface area contributed by atoms with Crippen LogP contribution in [0.15, 0.2) is 48.5 Å². The zero-order valence-electron chi connectivity index (χ0n) is 19.2. The van der Waals surface area contributed by atoms with Crippen LogP contribution >= 0.6 is 11.6 Å². The number of halogens is 6. The number of amides is 2. The number of carbonyl (C=O) groups excluding carboxylic acids is 2. The van der Waals surface area contributed by atoms with Gasteiger partial charge in [0.15, 0.2) is 0 Å². The lowest BCUT2D eigenvalue weighted by atomic mass is 9.83. The van der Waals surface area contributed by atoms with Gasteiger partial charge < -0.3 is 10.6 Å². The average Bonchev–Trinajstić information content (AvgIpc) is 3.16. The van der Waals surface area contributed by atoms with E-state index in [1.54, 1.807) is 13.8 Å². The topological polar surface area (TPSA) is 82.0 Å². The molecule has 0 spiro atoms. The van der Waals surface area contributed by atoms with E-state index in [0.717, 1.165) is 12.1 Å². The molecule has 1 unspecified atom stereocenters. The molecule has 3 aromatic carbocycles. The Labute approximate surface area is 212 Å². The van der Waals surface area contributed by atoms with E-state index < -0.39 is 52.2 Å². The number of nitriles is 1. The Morgan fingerprint density at radius 3 is 2.38 bits per heavy atom. The fraction of sp³-hybridized carbons (Fsp3) is 0.192. The van der Waals surface area contributed by atoms with Crippen LogP contribution in [-0.4, -0.2) is 11.8 Å². The summed E-state index contributed by atoms with van der Waals surface area (Å²) in [4.78, 5) is 25.9. The van der Waals surface area contributed by atoms with Crippen molar-refractivity contribution in [3.8, 4) is 6.07 Å². The van der Waals surface area contributed by atoms with Crippen LogP contribution in [0.1, 0.15) is 62.9 Å². The Balaban J connectivity index is 1.88. The van der Waals surface area contributed by atoms with Crippen LogP contribution in [0.2, 0.25) is 5.02 Å². The molecule has 0 bridgehead atoms.